The number of nitrogens with one attached hydrogen (secondary N) is 2. The number of nitro groups is 1. The number of nitro benzene ring substituents is 1. The third kappa shape index (κ3) is 6.02. The van der Waals surface area contributed by atoms with Crippen LogP contribution in [0.15, 0.2) is 16.6 Å². The molecule has 1 aromatic carbocycles. The Kier molecular flexibility index (Phi) is 7.85. The molecule has 33 heavy (non-hydrogen) atoms. The molecule has 0 bridgehead atoms. The summed E-state index contributed by atoms with van der Waals surface area (Å²) in [7, 11) is 0. The van der Waals surface area contributed by atoms with Crippen molar-refractivity contribution in [2.45, 2.75) is 57.1 Å². The van der Waals surface area contributed by atoms with Crippen LogP contribution >= 0.6 is 15.9 Å². The molecule has 11 heteroatoms. The van der Waals surface area contributed by atoms with Gasteiger partial charge in [-0.15, -0.1) is 0 Å². The molecule has 3 aliphatic rings. The molecule has 1 aromatic rings. The van der Waals surface area contributed by atoms with Gasteiger partial charge in [0.1, 0.15) is 5.69 Å². The van der Waals surface area contributed by atoms with Gasteiger partial charge in [0, 0.05) is 49.4 Å². The van der Waals surface area contributed by atoms with Crippen LogP contribution in [-0.2, 0) is 14.2 Å². The molecule has 3 saturated heterocycles. The maximum Gasteiger partial charge on any atom is 0.294 e. The predicted octanol–water partition coefficient (Wildman–Crippen LogP) is 2.55. The quantitative estimate of drug-likeness (QED) is 0.429. The smallest absolute Gasteiger partial charge is 0.294 e. The number of hydrogen-bond acceptors (Lipinski definition) is 8. The van der Waals surface area contributed by atoms with Crippen molar-refractivity contribution in [3.63, 3.8) is 0 Å². The molecule has 0 aromatic heterocycles. The van der Waals surface area contributed by atoms with Gasteiger partial charge in [-0.05, 0) is 32.8 Å². The van der Waals surface area contributed by atoms with Crippen molar-refractivity contribution < 1.29 is 23.9 Å². The number of benzene rings is 1. The molecule has 3 aliphatic heterocycles. The summed E-state index contributed by atoms with van der Waals surface area (Å²) in [6.45, 7) is 7.35. The molecule has 3 heterocycles. The van der Waals surface area contributed by atoms with E-state index in [0.29, 0.717) is 50.3 Å². The SMILES string of the molecule is C[C@@H]1CN(C(=O)c2cc(Br)cc([N+](=O)[O-])c2N[C@H]2CNC[C@H](O[C@@H]3CCOC3)C2)C[C@H](C)O1. The van der Waals surface area contributed by atoms with Crippen molar-refractivity contribution in [3.05, 3.63) is 32.3 Å². The van der Waals surface area contributed by atoms with Crippen LogP contribution in [0.5, 0.6) is 0 Å². The van der Waals surface area contributed by atoms with Crippen LogP contribution in [0.2, 0.25) is 0 Å². The number of hydrogen-bond donors (Lipinski definition) is 2. The van der Waals surface area contributed by atoms with Crippen LogP contribution < -0.4 is 10.6 Å². The normalized spacial score (nSPS) is 30.3. The first kappa shape index (κ1) is 24.3. The monoisotopic (exact) mass is 526 g/mol. The minimum absolute atomic E-state index is 0.0300. The molecule has 5 atom stereocenters. The highest BCUT2D eigenvalue weighted by atomic mass is 79.9. The Morgan fingerprint density at radius 2 is 2.03 bits per heavy atom. The lowest BCUT2D eigenvalue weighted by Gasteiger charge is -2.36. The zero-order chi connectivity index (χ0) is 23.5. The van der Waals surface area contributed by atoms with Gasteiger partial charge >= 0.3 is 0 Å². The van der Waals surface area contributed by atoms with Crippen molar-refractivity contribution in [1.82, 2.24) is 10.2 Å². The number of ether oxygens (including phenoxy) is 3. The summed E-state index contributed by atoms with van der Waals surface area (Å²) in [5.41, 5.74) is 0.399. The highest BCUT2D eigenvalue weighted by molar-refractivity contribution is 9.10. The van der Waals surface area contributed by atoms with E-state index in [0.717, 1.165) is 6.42 Å². The van der Waals surface area contributed by atoms with Crippen molar-refractivity contribution in [2.75, 3.05) is 44.7 Å². The molecule has 1 amide bonds. The largest absolute Gasteiger partial charge is 0.379 e. The first-order chi connectivity index (χ1) is 15.8. The van der Waals surface area contributed by atoms with E-state index in [1.807, 2.05) is 13.8 Å². The van der Waals surface area contributed by atoms with Crippen molar-refractivity contribution >= 4 is 33.2 Å². The standard InChI is InChI=1S/C22H31BrN4O6/c1-13-10-26(11-14(2)32-13)22(28)19-5-15(23)6-20(27(29)30)21(19)25-16-7-18(9-24-8-16)33-17-3-4-31-12-17/h5-6,13-14,16-18,24-25H,3-4,7-12H2,1-2H3/t13-,14+,16-,17-,18-/m1/s1. The molecule has 0 radical (unpaired) electrons. The number of anilines is 1. The number of halogens is 1. The molecule has 0 aliphatic carbocycles. The van der Waals surface area contributed by atoms with Crippen LogP contribution in [0.3, 0.4) is 0 Å². The fourth-order valence-electron chi connectivity index (χ4n) is 4.78. The molecule has 182 valence electrons. The van der Waals surface area contributed by atoms with E-state index in [1.54, 1.807) is 11.0 Å². The Bertz CT molecular complexity index is 871. The van der Waals surface area contributed by atoms with E-state index in [9.17, 15) is 14.9 Å². The Labute approximate surface area is 201 Å². The minimum Gasteiger partial charge on any atom is -0.379 e. The van der Waals surface area contributed by atoms with E-state index >= 15 is 0 Å². The van der Waals surface area contributed by atoms with Gasteiger partial charge in [0.05, 0.1) is 41.5 Å². The van der Waals surface area contributed by atoms with Crippen LogP contribution in [0.4, 0.5) is 11.4 Å². The maximum absolute atomic E-state index is 13.5. The molecule has 10 nitrogen and oxygen atoms in total. The molecule has 2 N–H and O–H groups in total. The van der Waals surface area contributed by atoms with Gasteiger partial charge < -0.3 is 29.7 Å². The van der Waals surface area contributed by atoms with Gasteiger partial charge in [-0.3, -0.25) is 14.9 Å². The van der Waals surface area contributed by atoms with E-state index in [1.165, 1.54) is 6.07 Å². The molecule has 3 fully saturated rings. The Morgan fingerprint density at radius 3 is 2.70 bits per heavy atom. The lowest BCUT2D eigenvalue weighted by Crippen LogP contribution is -2.49. The number of morpholine rings is 1. The zero-order valence-electron chi connectivity index (χ0n) is 18.9. The number of carbonyl (C=O) groups excluding carboxylic acids is 1. The van der Waals surface area contributed by atoms with Crippen LogP contribution in [-0.4, -0.2) is 85.6 Å². The summed E-state index contributed by atoms with van der Waals surface area (Å²) in [4.78, 5) is 26.7. The van der Waals surface area contributed by atoms with Gasteiger partial charge in [-0.1, -0.05) is 15.9 Å². The highest BCUT2D eigenvalue weighted by Crippen LogP contribution is 2.35. The third-order valence-electron chi connectivity index (χ3n) is 6.15. The molecule has 0 unspecified atom stereocenters. The average molecular weight is 527 g/mol. The van der Waals surface area contributed by atoms with Crippen molar-refractivity contribution in [3.8, 4) is 0 Å². The summed E-state index contributed by atoms with van der Waals surface area (Å²) in [6, 6.07) is 2.96. The number of amides is 1. The number of nitrogens with zero attached hydrogens (tertiary/aromatic N) is 2. The molecule has 4 rings (SSSR count). The van der Waals surface area contributed by atoms with Gasteiger partial charge in [-0.2, -0.15) is 0 Å². The third-order valence-corrected chi connectivity index (χ3v) is 6.61. The van der Waals surface area contributed by atoms with E-state index < -0.39 is 4.92 Å². The first-order valence-electron chi connectivity index (χ1n) is 11.4. The number of rotatable bonds is 6. The summed E-state index contributed by atoms with van der Waals surface area (Å²) < 4.78 is 17.8. The van der Waals surface area contributed by atoms with Crippen molar-refractivity contribution in [2.24, 2.45) is 0 Å². The van der Waals surface area contributed by atoms with Gasteiger partial charge in [0.2, 0.25) is 0 Å². The lowest BCUT2D eigenvalue weighted by molar-refractivity contribution is -0.384. The molecule has 0 spiro atoms. The first-order valence-corrected chi connectivity index (χ1v) is 12.2. The van der Waals surface area contributed by atoms with Gasteiger partial charge in [-0.25, -0.2) is 0 Å². The second-order valence-corrected chi connectivity index (χ2v) is 9.97. The second-order valence-electron chi connectivity index (χ2n) is 9.05. The highest BCUT2D eigenvalue weighted by Gasteiger charge is 2.33. The molecular formula is C22H31BrN4O6. The lowest BCUT2D eigenvalue weighted by atomic mass is 10.0. The summed E-state index contributed by atoms with van der Waals surface area (Å²) in [5.74, 6) is -0.247. The summed E-state index contributed by atoms with van der Waals surface area (Å²) in [5, 5.41) is 18.6. The van der Waals surface area contributed by atoms with Crippen LogP contribution in [0.1, 0.15) is 37.0 Å². The second kappa shape index (κ2) is 10.6. The molecular weight excluding hydrogens is 496 g/mol. The summed E-state index contributed by atoms with van der Waals surface area (Å²) in [6.07, 6.45) is 1.41. The number of piperidine rings is 1. The number of carbonyl (C=O) groups is 1. The van der Waals surface area contributed by atoms with Gasteiger partial charge in [0.15, 0.2) is 0 Å². The Hall–Kier alpha value is -1.79. The fourth-order valence-corrected chi connectivity index (χ4v) is 5.23. The van der Waals surface area contributed by atoms with Gasteiger partial charge in [0.25, 0.3) is 11.6 Å². The fraction of sp³-hybridized carbons (Fsp3) is 0.682. The summed E-state index contributed by atoms with van der Waals surface area (Å²) >= 11 is 3.34. The maximum atomic E-state index is 13.5. The van der Waals surface area contributed by atoms with E-state index in [-0.39, 0.29) is 53.3 Å². The Balaban J connectivity index is 1.57. The van der Waals surface area contributed by atoms with E-state index in [2.05, 4.69) is 26.6 Å². The van der Waals surface area contributed by atoms with Crippen molar-refractivity contribution in [1.29, 1.82) is 0 Å². The topological polar surface area (TPSA) is 115 Å². The zero-order valence-corrected chi connectivity index (χ0v) is 20.5. The van der Waals surface area contributed by atoms with Crippen LogP contribution in [0, 0.1) is 10.1 Å². The minimum atomic E-state index is -0.450. The van der Waals surface area contributed by atoms with Crippen LogP contribution in [0.25, 0.3) is 0 Å². The predicted molar refractivity (Wildman–Crippen MR) is 126 cm³/mol. The Morgan fingerprint density at radius 1 is 1.27 bits per heavy atom. The average Bonchev–Trinajstić information content (AvgIpc) is 3.26. The molecule has 0 saturated carbocycles. The van der Waals surface area contributed by atoms with E-state index in [4.69, 9.17) is 14.2 Å².